The number of hydrogen-bond donors (Lipinski definition) is 1. The maximum Gasteiger partial charge on any atom is 0.339 e. The predicted molar refractivity (Wildman–Crippen MR) is 137 cm³/mol. The molecule has 0 aliphatic carbocycles. The lowest BCUT2D eigenvalue weighted by Gasteiger charge is -2.54. The highest BCUT2D eigenvalue weighted by Crippen LogP contribution is 2.38. The zero-order chi connectivity index (χ0) is 26.3. The van der Waals surface area contributed by atoms with Gasteiger partial charge >= 0.3 is 6.03 Å². The van der Waals surface area contributed by atoms with Crippen LogP contribution in [0.4, 0.5) is 19.3 Å². The molecule has 11 heteroatoms. The van der Waals surface area contributed by atoms with Crippen LogP contribution in [0.25, 0.3) is 22.3 Å². The van der Waals surface area contributed by atoms with E-state index < -0.39 is 17.2 Å². The average Bonchev–Trinajstić information content (AvgIpc) is 3.59. The highest BCUT2D eigenvalue weighted by atomic mass is 19.1. The minimum Gasteiger partial charge on any atom is -0.346 e. The molecule has 2 fully saturated rings. The Morgan fingerprint density at radius 3 is 2.71 bits per heavy atom. The van der Waals surface area contributed by atoms with Crippen molar-refractivity contribution in [3.05, 3.63) is 66.9 Å². The van der Waals surface area contributed by atoms with Crippen LogP contribution in [-0.2, 0) is 5.54 Å². The molecule has 0 unspecified atom stereocenters. The van der Waals surface area contributed by atoms with E-state index in [0.29, 0.717) is 26.2 Å². The van der Waals surface area contributed by atoms with Crippen LogP contribution in [0.1, 0.15) is 25.7 Å². The second kappa shape index (κ2) is 9.54. The molecule has 6 rings (SSSR count). The number of hydrazine groups is 1. The molecule has 0 spiro atoms. The van der Waals surface area contributed by atoms with E-state index in [-0.39, 0.29) is 18.1 Å². The van der Waals surface area contributed by atoms with Crippen molar-refractivity contribution < 1.29 is 13.6 Å². The summed E-state index contributed by atoms with van der Waals surface area (Å²) < 4.78 is 30.6. The van der Waals surface area contributed by atoms with E-state index in [1.807, 2.05) is 35.3 Å². The van der Waals surface area contributed by atoms with E-state index >= 15 is 0 Å². The lowest BCUT2D eigenvalue weighted by atomic mass is 9.87. The normalized spacial score (nSPS) is 17.2. The number of nitriles is 1. The molecular weight excluding hydrogens is 490 g/mol. The Morgan fingerprint density at radius 1 is 1.13 bits per heavy atom. The number of hydrogen-bond acceptors (Lipinski definition) is 5. The number of aromatic nitrogens is 4. The van der Waals surface area contributed by atoms with Gasteiger partial charge in [-0.25, -0.2) is 33.6 Å². The molecule has 5 heterocycles. The van der Waals surface area contributed by atoms with Gasteiger partial charge in [-0.3, -0.25) is 0 Å². The fraction of sp³-hybridized carbons (Fsp3) is 0.333. The minimum absolute atomic E-state index is 0.00318. The summed E-state index contributed by atoms with van der Waals surface area (Å²) in [5.74, 6) is -1.52. The first-order chi connectivity index (χ1) is 18.5. The number of likely N-dealkylation sites (tertiary alicyclic amines) is 1. The largest absolute Gasteiger partial charge is 0.346 e. The Morgan fingerprint density at radius 2 is 1.95 bits per heavy atom. The molecule has 0 saturated carbocycles. The fourth-order valence-corrected chi connectivity index (χ4v) is 5.47. The summed E-state index contributed by atoms with van der Waals surface area (Å²) in [7, 11) is 0. The third-order valence-corrected chi connectivity index (χ3v) is 7.46. The van der Waals surface area contributed by atoms with Crippen LogP contribution < -0.4 is 5.01 Å². The highest BCUT2D eigenvalue weighted by Gasteiger charge is 2.49. The molecule has 0 radical (unpaired) electrons. The minimum atomic E-state index is -0.810. The summed E-state index contributed by atoms with van der Waals surface area (Å²) in [5, 5.41) is 13.6. The lowest BCUT2D eigenvalue weighted by Crippen LogP contribution is -2.69. The van der Waals surface area contributed by atoms with Crippen LogP contribution in [-0.4, -0.2) is 61.6 Å². The Kier molecular flexibility index (Phi) is 6.04. The zero-order valence-corrected chi connectivity index (χ0v) is 20.6. The SMILES string of the molecule is N#CCC1(n2ccc(-c3ncnc4[nH]ccc34)c2)CN(N(C(=O)N2CCCCC2)c2ccc(F)cc2F)C1. The third-order valence-electron chi connectivity index (χ3n) is 7.46. The van der Waals surface area contributed by atoms with Crippen molar-refractivity contribution in [1.82, 2.24) is 29.4 Å². The number of urea groups is 1. The number of anilines is 1. The number of piperidine rings is 1. The van der Waals surface area contributed by atoms with E-state index in [9.17, 15) is 18.8 Å². The molecule has 2 saturated heterocycles. The van der Waals surface area contributed by atoms with Crippen LogP contribution in [0.5, 0.6) is 0 Å². The summed E-state index contributed by atoms with van der Waals surface area (Å²) in [4.78, 5) is 27.1. The number of nitrogens with zero attached hydrogens (tertiary/aromatic N) is 7. The number of fused-ring (bicyclic) bond motifs is 1. The van der Waals surface area contributed by atoms with Crippen LogP contribution in [0, 0.1) is 23.0 Å². The maximum absolute atomic E-state index is 15.0. The summed E-state index contributed by atoms with van der Waals surface area (Å²) in [6, 6.07) is 9.02. The molecule has 2 aliphatic rings. The van der Waals surface area contributed by atoms with Gasteiger partial charge in [-0.15, -0.1) is 0 Å². The smallest absolute Gasteiger partial charge is 0.339 e. The Hall–Kier alpha value is -4.30. The maximum atomic E-state index is 15.0. The number of rotatable bonds is 5. The number of nitrogens with one attached hydrogen (secondary N) is 1. The van der Waals surface area contributed by atoms with Crippen molar-refractivity contribution in [1.29, 1.82) is 5.26 Å². The Labute approximate surface area is 217 Å². The average molecular weight is 517 g/mol. The molecule has 2 aliphatic heterocycles. The molecule has 3 aromatic heterocycles. The van der Waals surface area contributed by atoms with Crippen molar-refractivity contribution in [2.45, 2.75) is 31.2 Å². The Bertz CT molecular complexity index is 1530. The number of aromatic amines is 1. The van der Waals surface area contributed by atoms with Crippen molar-refractivity contribution in [2.24, 2.45) is 0 Å². The van der Waals surface area contributed by atoms with Gasteiger partial charge in [-0.1, -0.05) is 0 Å². The van der Waals surface area contributed by atoms with Crippen molar-refractivity contribution in [3.63, 3.8) is 0 Å². The zero-order valence-electron chi connectivity index (χ0n) is 20.6. The highest BCUT2D eigenvalue weighted by molar-refractivity contribution is 5.92. The summed E-state index contributed by atoms with van der Waals surface area (Å²) >= 11 is 0. The van der Waals surface area contributed by atoms with Gasteiger partial charge in [0, 0.05) is 61.8 Å². The van der Waals surface area contributed by atoms with E-state index in [1.165, 1.54) is 17.4 Å². The molecule has 4 aromatic rings. The fourth-order valence-electron chi connectivity index (χ4n) is 5.47. The van der Waals surface area contributed by atoms with Gasteiger partial charge in [-0.05, 0) is 43.5 Å². The summed E-state index contributed by atoms with van der Waals surface area (Å²) in [6.45, 7) is 1.77. The Balaban J connectivity index is 1.32. The topological polar surface area (TPSA) is 97.1 Å². The van der Waals surface area contributed by atoms with Crippen LogP contribution in [0.15, 0.2) is 55.2 Å². The molecule has 1 N–H and O–H groups in total. The molecule has 194 valence electrons. The third kappa shape index (κ3) is 4.07. The molecule has 0 bridgehead atoms. The monoisotopic (exact) mass is 516 g/mol. The molecule has 0 atom stereocenters. The van der Waals surface area contributed by atoms with Gasteiger partial charge in [-0.2, -0.15) is 5.26 Å². The summed E-state index contributed by atoms with van der Waals surface area (Å²) in [5.41, 5.74) is 1.75. The number of H-pyrrole nitrogens is 1. The van der Waals surface area contributed by atoms with Gasteiger partial charge in [0.1, 0.15) is 17.8 Å². The van der Waals surface area contributed by atoms with Crippen molar-refractivity contribution in [2.75, 3.05) is 31.2 Å². The predicted octanol–water partition coefficient (Wildman–Crippen LogP) is 4.66. The van der Waals surface area contributed by atoms with E-state index in [2.05, 4.69) is 21.0 Å². The van der Waals surface area contributed by atoms with Gasteiger partial charge < -0.3 is 14.5 Å². The molecule has 9 nitrogen and oxygen atoms in total. The number of halogens is 2. The van der Waals surface area contributed by atoms with Crippen molar-refractivity contribution in [3.8, 4) is 17.3 Å². The number of carbonyl (C=O) groups excluding carboxylic acids is 1. The number of benzene rings is 1. The second-order valence-electron chi connectivity index (χ2n) is 9.89. The lowest BCUT2D eigenvalue weighted by molar-refractivity contribution is 0.00750. The van der Waals surface area contributed by atoms with Gasteiger partial charge in [0.05, 0.1) is 29.4 Å². The van der Waals surface area contributed by atoms with Crippen LogP contribution in [0.2, 0.25) is 0 Å². The molecular formula is C27H26F2N8O. The first-order valence-electron chi connectivity index (χ1n) is 12.6. The molecule has 38 heavy (non-hydrogen) atoms. The number of amides is 2. The van der Waals surface area contributed by atoms with E-state index in [1.54, 1.807) is 9.91 Å². The first-order valence-corrected chi connectivity index (χ1v) is 12.6. The first kappa shape index (κ1) is 24.1. The quantitative estimate of drug-likeness (QED) is 0.416. The molecule has 1 aromatic carbocycles. The molecule has 2 amide bonds. The second-order valence-corrected chi connectivity index (χ2v) is 9.89. The standard InChI is InChI=1S/C27H26F2N8O/c28-20-4-5-23(22(29)14-20)37(26(38)34-11-2-1-3-12-34)36-16-27(17-36,8-9-30)35-13-7-19(15-35)24-21-6-10-31-25(21)33-18-32-24/h4-7,10,13-15,18H,1-3,8,11-12,16-17H2,(H,31,32,33). The van der Waals surface area contributed by atoms with Gasteiger partial charge in [0.15, 0.2) is 5.82 Å². The van der Waals surface area contributed by atoms with Gasteiger partial charge in [0.2, 0.25) is 0 Å². The van der Waals surface area contributed by atoms with Crippen LogP contribution >= 0.6 is 0 Å². The van der Waals surface area contributed by atoms with Crippen LogP contribution in [0.3, 0.4) is 0 Å². The number of carbonyl (C=O) groups is 1. The van der Waals surface area contributed by atoms with E-state index in [0.717, 1.165) is 53.7 Å². The van der Waals surface area contributed by atoms with Gasteiger partial charge in [0.25, 0.3) is 0 Å². The van der Waals surface area contributed by atoms with E-state index in [4.69, 9.17) is 0 Å². The summed E-state index contributed by atoms with van der Waals surface area (Å²) in [6.07, 6.45) is 10.2. The van der Waals surface area contributed by atoms with Crippen molar-refractivity contribution >= 4 is 22.8 Å².